The predicted molar refractivity (Wildman–Crippen MR) is 108 cm³/mol. The summed E-state index contributed by atoms with van der Waals surface area (Å²) in [7, 11) is 1.65. The monoisotopic (exact) mass is 385 g/mol. The molecule has 0 atom stereocenters. The zero-order valence-electron chi connectivity index (χ0n) is 15.6. The average Bonchev–Trinajstić information content (AvgIpc) is 2.96. The Morgan fingerprint density at radius 1 is 1.04 bits per heavy atom. The lowest BCUT2D eigenvalue weighted by Gasteiger charge is -2.08. The number of benzene rings is 2. The quantitative estimate of drug-likeness (QED) is 0.564. The first-order valence-electron chi connectivity index (χ1n) is 8.90. The Balaban J connectivity index is 1.47. The molecule has 0 radical (unpaired) electrons. The number of methoxy groups -OCH3 is 1. The Labute approximate surface area is 164 Å². The van der Waals surface area contributed by atoms with Crippen molar-refractivity contribution in [2.24, 2.45) is 0 Å². The van der Waals surface area contributed by atoms with Crippen LogP contribution in [0.2, 0.25) is 5.15 Å². The molecule has 0 aliphatic carbocycles. The molecule has 0 saturated heterocycles. The van der Waals surface area contributed by atoms with Gasteiger partial charge in [-0.15, -0.1) is 0 Å². The number of nitrogens with zero attached hydrogens (tertiary/aromatic N) is 2. The van der Waals surface area contributed by atoms with Crippen molar-refractivity contribution in [1.29, 1.82) is 0 Å². The first-order chi connectivity index (χ1) is 13.2. The van der Waals surface area contributed by atoms with E-state index in [9.17, 15) is 0 Å². The molecular formula is C21H24ClN3O2. The molecule has 6 heteroatoms. The molecule has 1 aromatic heterocycles. The zero-order valence-corrected chi connectivity index (χ0v) is 16.4. The van der Waals surface area contributed by atoms with Gasteiger partial charge in [-0.2, -0.15) is 5.10 Å². The van der Waals surface area contributed by atoms with E-state index in [1.165, 1.54) is 5.56 Å². The van der Waals surface area contributed by atoms with Gasteiger partial charge in [0.2, 0.25) is 0 Å². The number of ether oxygens (including phenoxy) is 2. The normalized spacial score (nSPS) is 10.8. The highest BCUT2D eigenvalue weighted by molar-refractivity contribution is 6.30. The van der Waals surface area contributed by atoms with E-state index in [0.29, 0.717) is 31.4 Å². The standard InChI is InChI=1S/C21H24ClN3O2/c1-16-20(21(22)25(24-16)15-17-6-4-3-5-7-17)14-23-12-13-27-19-10-8-18(26-2)9-11-19/h3-11,23H,12-15H2,1-2H3. The summed E-state index contributed by atoms with van der Waals surface area (Å²) in [5.74, 6) is 1.64. The largest absolute Gasteiger partial charge is 0.497 e. The molecule has 0 amide bonds. The third-order valence-electron chi connectivity index (χ3n) is 4.27. The lowest BCUT2D eigenvalue weighted by Crippen LogP contribution is -2.21. The summed E-state index contributed by atoms with van der Waals surface area (Å²) in [5, 5.41) is 8.62. The number of halogens is 1. The van der Waals surface area contributed by atoms with Crippen LogP contribution in [-0.4, -0.2) is 30.0 Å². The van der Waals surface area contributed by atoms with Crippen molar-refractivity contribution < 1.29 is 9.47 Å². The molecule has 0 fully saturated rings. The van der Waals surface area contributed by atoms with E-state index in [1.54, 1.807) is 7.11 Å². The molecule has 0 unspecified atom stereocenters. The first kappa shape index (κ1) is 19.3. The summed E-state index contributed by atoms with van der Waals surface area (Å²) >= 11 is 6.53. The van der Waals surface area contributed by atoms with Crippen LogP contribution in [0.3, 0.4) is 0 Å². The average molecular weight is 386 g/mol. The van der Waals surface area contributed by atoms with Crippen LogP contribution in [0.25, 0.3) is 0 Å². The third kappa shape index (κ3) is 5.25. The maximum atomic E-state index is 6.53. The lowest BCUT2D eigenvalue weighted by atomic mass is 10.2. The number of rotatable bonds is 9. The van der Waals surface area contributed by atoms with Gasteiger partial charge >= 0.3 is 0 Å². The Morgan fingerprint density at radius 3 is 2.44 bits per heavy atom. The number of aromatic nitrogens is 2. The Kier molecular flexibility index (Phi) is 6.74. The second-order valence-corrected chi connectivity index (χ2v) is 6.56. The van der Waals surface area contributed by atoms with Crippen molar-refractivity contribution in [2.75, 3.05) is 20.3 Å². The van der Waals surface area contributed by atoms with Gasteiger partial charge in [-0.05, 0) is 36.8 Å². The molecule has 3 rings (SSSR count). The van der Waals surface area contributed by atoms with Gasteiger partial charge in [0.1, 0.15) is 23.3 Å². The molecule has 0 saturated carbocycles. The smallest absolute Gasteiger partial charge is 0.132 e. The first-order valence-corrected chi connectivity index (χ1v) is 9.28. The van der Waals surface area contributed by atoms with Crippen LogP contribution < -0.4 is 14.8 Å². The van der Waals surface area contributed by atoms with Gasteiger partial charge < -0.3 is 14.8 Å². The lowest BCUT2D eigenvalue weighted by molar-refractivity contribution is 0.313. The third-order valence-corrected chi connectivity index (χ3v) is 4.69. The molecule has 27 heavy (non-hydrogen) atoms. The van der Waals surface area contributed by atoms with E-state index in [4.69, 9.17) is 21.1 Å². The minimum absolute atomic E-state index is 0.571. The number of aryl methyl sites for hydroxylation is 1. The minimum Gasteiger partial charge on any atom is -0.497 e. The highest BCUT2D eigenvalue weighted by Gasteiger charge is 2.13. The molecule has 5 nitrogen and oxygen atoms in total. The predicted octanol–water partition coefficient (Wildman–Crippen LogP) is 4.07. The summed E-state index contributed by atoms with van der Waals surface area (Å²) in [5.41, 5.74) is 3.14. The molecule has 1 N–H and O–H groups in total. The summed E-state index contributed by atoms with van der Waals surface area (Å²) in [6.07, 6.45) is 0. The van der Waals surface area contributed by atoms with E-state index in [-0.39, 0.29) is 0 Å². The summed E-state index contributed by atoms with van der Waals surface area (Å²) in [4.78, 5) is 0. The Hall–Kier alpha value is -2.50. The van der Waals surface area contributed by atoms with Gasteiger partial charge in [0.15, 0.2) is 0 Å². The van der Waals surface area contributed by atoms with Crippen molar-refractivity contribution in [1.82, 2.24) is 15.1 Å². The van der Waals surface area contributed by atoms with Gasteiger partial charge in [0.05, 0.1) is 19.3 Å². The van der Waals surface area contributed by atoms with E-state index in [0.717, 1.165) is 22.8 Å². The van der Waals surface area contributed by atoms with Crippen molar-refractivity contribution >= 4 is 11.6 Å². The van der Waals surface area contributed by atoms with Gasteiger partial charge in [-0.1, -0.05) is 41.9 Å². The minimum atomic E-state index is 0.571. The Bertz CT molecular complexity index is 848. The second-order valence-electron chi connectivity index (χ2n) is 6.20. The molecule has 3 aromatic rings. The topological polar surface area (TPSA) is 48.3 Å². The SMILES string of the molecule is COc1ccc(OCCNCc2c(C)nn(Cc3ccccc3)c2Cl)cc1. The van der Waals surface area contributed by atoms with E-state index < -0.39 is 0 Å². The van der Waals surface area contributed by atoms with Crippen molar-refractivity contribution in [3.63, 3.8) is 0 Å². The van der Waals surface area contributed by atoms with Gasteiger partial charge in [-0.3, -0.25) is 0 Å². The molecule has 2 aromatic carbocycles. The van der Waals surface area contributed by atoms with Crippen LogP contribution in [0.1, 0.15) is 16.8 Å². The molecule has 0 aliphatic rings. The second kappa shape index (κ2) is 9.44. The molecule has 0 aliphatic heterocycles. The molecule has 0 bridgehead atoms. The van der Waals surface area contributed by atoms with Gasteiger partial charge in [0, 0.05) is 18.7 Å². The van der Waals surface area contributed by atoms with E-state index >= 15 is 0 Å². The van der Waals surface area contributed by atoms with Crippen LogP contribution in [0.4, 0.5) is 0 Å². The molecule has 1 heterocycles. The fraction of sp³-hybridized carbons (Fsp3) is 0.286. The highest BCUT2D eigenvalue weighted by Crippen LogP contribution is 2.21. The highest BCUT2D eigenvalue weighted by atomic mass is 35.5. The van der Waals surface area contributed by atoms with Crippen molar-refractivity contribution in [3.05, 3.63) is 76.6 Å². The zero-order chi connectivity index (χ0) is 19.1. The number of hydrogen-bond donors (Lipinski definition) is 1. The van der Waals surface area contributed by atoms with Crippen LogP contribution in [-0.2, 0) is 13.1 Å². The van der Waals surface area contributed by atoms with Crippen LogP contribution in [0, 0.1) is 6.92 Å². The summed E-state index contributed by atoms with van der Waals surface area (Å²) < 4.78 is 12.7. The van der Waals surface area contributed by atoms with Crippen molar-refractivity contribution in [2.45, 2.75) is 20.0 Å². The molecule has 142 valence electrons. The van der Waals surface area contributed by atoms with E-state index in [2.05, 4.69) is 22.5 Å². The maximum Gasteiger partial charge on any atom is 0.132 e. The fourth-order valence-corrected chi connectivity index (χ4v) is 3.08. The summed E-state index contributed by atoms with van der Waals surface area (Å²) in [6, 6.07) is 17.7. The maximum absolute atomic E-state index is 6.53. The van der Waals surface area contributed by atoms with Crippen LogP contribution in [0.15, 0.2) is 54.6 Å². The molecule has 0 spiro atoms. The summed E-state index contributed by atoms with van der Waals surface area (Å²) in [6.45, 7) is 4.59. The fourth-order valence-electron chi connectivity index (χ4n) is 2.78. The number of hydrogen-bond acceptors (Lipinski definition) is 4. The van der Waals surface area contributed by atoms with Crippen LogP contribution in [0.5, 0.6) is 11.5 Å². The Morgan fingerprint density at radius 2 is 1.74 bits per heavy atom. The number of nitrogens with one attached hydrogen (secondary N) is 1. The van der Waals surface area contributed by atoms with Crippen molar-refractivity contribution in [3.8, 4) is 11.5 Å². The van der Waals surface area contributed by atoms with Gasteiger partial charge in [0.25, 0.3) is 0 Å². The molecular weight excluding hydrogens is 362 g/mol. The van der Waals surface area contributed by atoms with E-state index in [1.807, 2.05) is 54.1 Å². The van der Waals surface area contributed by atoms with Gasteiger partial charge in [-0.25, -0.2) is 4.68 Å². The van der Waals surface area contributed by atoms with Crippen LogP contribution >= 0.6 is 11.6 Å².